The van der Waals surface area contributed by atoms with Gasteiger partial charge in [0.15, 0.2) is 0 Å². The van der Waals surface area contributed by atoms with E-state index < -0.39 is 5.54 Å². The summed E-state index contributed by atoms with van der Waals surface area (Å²) in [4.78, 5) is 18.7. The number of hydrogen-bond donors (Lipinski definition) is 1. The fourth-order valence-electron chi connectivity index (χ4n) is 2.73. The average Bonchev–Trinajstić information content (AvgIpc) is 3.28. The average molecular weight is 328 g/mol. The number of benzene rings is 1. The molecule has 120 valence electrons. The topological polar surface area (TPSA) is 69.0 Å². The Bertz CT molecular complexity index is 728. The number of amides is 1. The molecule has 1 saturated carbocycles. The highest BCUT2D eigenvalue weighted by Gasteiger charge is 2.43. The third-order valence-electron chi connectivity index (χ3n) is 4.18. The second kappa shape index (κ2) is 6.26. The van der Waals surface area contributed by atoms with Crippen LogP contribution in [0.15, 0.2) is 24.3 Å². The van der Waals surface area contributed by atoms with Crippen LogP contribution in [0.4, 0.5) is 0 Å². The minimum atomic E-state index is -0.728. The SMILES string of the molecule is CN(CC(=O)N[C@@](C)(C#N)C1CC1)Cc1nc2ccccc2s1. The Morgan fingerprint density at radius 2 is 2.26 bits per heavy atom. The zero-order valence-corrected chi connectivity index (χ0v) is 14.2. The van der Waals surface area contributed by atoms with E-state index in [1.165, 1.54) is 0 Å². The predicted octanol–water partition coefficient (Wildman–Crippen LogP) is 2.54. The number of likely N-dealkylation sites (N-methyl/N-ethyl adjacent to an activating group) is 1. The Morgan fingerprint density at radius 3 is 2.91 bits per heavy atom. The molecule has 0 spiro atoms. The van der Waals surface area contributed by atoms with Gasteiger partial charge in [0.25, 0.3) is 0 Å². The number of hydrogen-bond acceptors (Lipinski definition) is 5. The van der Waals surface area contributed by atoms with E-state index in [0.29, 0.717) is 12.5 Å². The summed E-state index contributed by atoms with van der Waals surface area (Å²) in [6.07, 6.45) is 2.04. The standard InChI is InChI=1S/C17H20N4OS/c1-17(11-18,12-7-8-12)20-15(22)9-21(2)10-16-19-13-5-3-4-6-14(13)23-16/h3-6,12H,7-10H2,1-2H3,(H,20,22)/t17-/m0/s1. The first kappa shape index (κ1) is 15.9. The Kier molecular flexibility index (Phi) is 4.33. The molecule has 2 aromatic rings. The van der Waals surface area contributed by atoms with Gasteiger partial charge in [-0.25, -0.2) is 4.98 Å². The van der Waals surface area contributed by atoms with Gasteiger partial charge in [-0.15, -0.1) is 11.3 Å². The second-order valence-corrected chi connectivity index (χ2v) is 7.50. The van der Waals surface area contributed by atoms with Crippen LogP contribution in [0.25, 0.3) is 10.2 Å². The molecule has 3 rings (SSSR count). The normalized spacial score (nSPS) is 17.0. The van der Waals surface area contributed by atoms with E-state index in [4.69, 9.17) is 0 Å². The van der Waals surface area contributed by atoms with Gasteiger partial charge in [0, 0.05) is 0 Å². The molecule has 1 N–H and O–H groups in total. The number of fused-ring (bicyclic) bond motifs is 1. The van der Waals surface area contributed by atoms with Gasteiger partial charge in [0.2, 0.25) is 5.91 Å². The van der Waals surface area contributed by atoms with Crippen LogP contribution in [0.1, 0.15) is 24.8 Å². The molecule has 0 bridgehead atoms. The van der Waals surface area contributed by atoms with E-state index in [1.807, 2.05) is 37.1 Å². The predicted molar refractivity (Wildman–Crippen MR) is 90.8 cm³/mol. The largest absolute Gasteiger partial charge is 0.337 e. The molecular formula is C17H20N4OS. The monoisotopic (exact) mass is 328 g/mol. The second-order valence-electron chi connectivity index (χ2n) is 6.38. The molecule has 0 unspecified atom stereocenters. The van der Waals surface area contributed by atoms with Crippen molar-refractivity contribution in [1.29, 1.82) is 5.26 Å². The van der Waals surface area contributed by atoms with Crippen LogP contribution in [0.3, 0.4) is 0 Å². The highest BCUT2D eigenvalue weighted by Crippen LogP contribution is 2.39. The van der Waals surface area contributed by atoms with Crippen LogP contribution in [0.2, 0.25) is 0 Å². The number of nitrogens with zero attached hydrogens (tertiary/aromatic N) is 3. The van der Waals surface area contributed by atoms with Crippen LogP contribution >= 0.6 is 11.3 Å². The van der Waals surface area contributed by atoms with Gasteiger partial charge in [0.05, 0.1) is 29.4 Å². The molecule has 0 aliphatic heterocycles. The molecule has 0 saturated heterocycles. The minimum absolute atomic E-state index is 0.107. The molecular weight excluding hydrogens is 308 g/mol. The number of rotatable bonds is 6. The van der Waals surface area contributed by atoms with E-state index in [0.717, 1.165) is 28.1 Å². The first-order chi connectivity index (χ1) is 11.0. The molecule has 1 aromatic carbocycles. The highest BCUT2D eigenvalue weighted by molar-refractivity contribution is 7.18. The summed E-state index contributed by atoms with van der Waals surface area (Å²) in [5, 5.41) is 13.2. The lowest BCUT2D eigenvalue weighted by Crippen LogP contribution is -2.49. The van der Waals surface area contributed by atoms with E-state index in [1.54, 1.807) is 11.3 Å². The van der Waals surface area contributed by atoms with Crippen LogP contribution in [0.5, 0.6) is 0 Å². The third-order valence-corrected chi connectivity index (χ3v) is 5.20. The van der Waals surface area contributed by atoms with Crippen molar-refractivity contribution in [3.63, 3.8) is 0 Å². The van der Waals surface area contributed by atoms with Crippen molar-refractivity contribution in [3.05, 3.63) is 29.3 Å². The zero-order chi connectivity index (χ0) is 16.4. The van der Waals surface area contributed by atoms with Gasteiger partial charge in [0.1, 0.15) is 10.5 Å². The molecule has 1 amide bonds. The van der Waals surface area contributed by atoms with Crippen LogP contribution in [0, 0.1) is 17.2 Å². The summed E-state index contributed by atoms with van der Waals surface area (Å²) in [6, 6.07) is 10.3. The molecule has 5 nitrogen and oxygen atoms in total. The third kappa shape index (κ3) is 3.69. The van der Waals surface area contributed by atoms with Crippen molar-refractivity contribution in [2.75, 3.05) is 13.6 Å². The Hall–Kier alpha value is -1.97. The van der Waals surface area contributed by atoms with Gasteiger partial charge in [-0.3, -0.25) is 9.69 Å². The molecule has 1 aliphatic carbocycles. The summed E-state index contributed by atoms with van der Waals surface area (Å²) in [5.41, 5.74) is 0.268. The Labute approximate surface area is 139 Å². The van der Waals surface area contributed by atoms with Crippen molar-refractivity contribution in [1.82, 2.24) is 15.2 Å². The van der Waals surface area contributed by atoms with Crippen LogP contribution < -0.4 is 5.32 Å². The fourth-order valence-corrected chi connectivity index (χ4v) is 3.78. The molecule has 6 heteroatoms. The Morgan fingerprint density at radius 1 is 1.52 bits per heavy atom. The van der Waals surface area contributed by atoms with Gasteiger partial charge >= 0.3 is 0 Å². The molecule has 1 heterocycles. The van der Waals surface area contributed by atoms with Crippen molar-refractivity contribution in [3.8, 4) is 6.07 Å². The summed E-state index contributed by atoms with van der Waals surface area (Å²) < 4.78 is 1.16. The van der Waals surface area contributed by atoms with Crippen molar-refractivity contribution >= 4 is 27.5 Å². The number of carbonyl (C=O) groups excluding carboxylic acids is 1. The molecule has 1 atom stereocenters. The van der Waals surface area contributed by atoms with Crippen molar-refractivity contribution < 1.29 is 4.79 Å². The highest BCUT2D eigenvalue weighted by atomic mass is 32.1. The fraction of sp³-hybridized carbons (Fsp3) is 0.471. The smallest absolute Gasteiger partial charge is 0.235 e. The zero-order valence-electron chi connectivity index (χ0n) is 13.4. The van der Waals surface area contributed by atoms with Crippen LogP contribution in [-0.2, 0) is 11.3 Å². The number of para-hydroxylation sites is 1. The number of nitriles is 1. The first-order valence-electron chi connectivity index (χ1n) is 7.75. The first-order valence-corrected chi connectivity index (χ1v) is 8.57. The lowest BCUT2D eigenvalue weighted by Gasteiger charge is -2.24. The summed E-state index contributed by atoms with van der Waals surface area (Å²) in [7, 11) is 1.90. The van der Waals surface area contributed by atoms with Gasteiger partial charge in [-0.2, -0.15) is 5.26 Å². The molecule has 1 aromatic heterocycles. The quantitative estimate of drug-likeness (QED) is 0.885. The maximum Gasteiger partial charge on any atom is 0.235 e. The number of aromatic nitrogens is 1. The number of carbonyl (C=O) groups is 1. The van der Waals surface area contributed by atoms with Gasteiger partial charge in [-0.1, -0.05) is 12.1 Å². The summed E-state index contributed by atoms with van der Waals surface area (Å²) >= 11 is 1.65. The van der Waals surface area contributed by atoms with Gasteiger partial charge in [-0.05, 0) is 44.9 Å². The maximum atomic E-state index is 12.2. The molecule has 1 fully saturated rings. The van der Waals surface area contributed by atoms with E-state index in [2.05, 4.69) is 22.4 Å². The van der Waals surface area contributed by atoms with E-state index >= 15 is 0 Å². The molecule has 1 aliphatic rings. The summed E-state index contributed by atoms with van der Waals surface area (Å²) in [6.45, 7) is 2.70. The van der Waals surface area contributed by atoms with Crippen molar-refractivity contribution in [2.24, 2.45) is 5.92 Å². The lowest BCUT2D eigenvalue weighted by atomic mass is 9.98. The Balaban J connectivity index is 1.57. The van der Waals surface area contributed by atoms with Crippen molar-refractivity contribution in [2.45, 2.75) is 31.8 Å². The molecule has 0 radical (unpaired) electrons. The van der Waals surface area contributed by atoms with Crippen LogP contribution in [-0.4, -0.2) is 34.9 Å². The summed E-state index contributed by atoms with van der Waals surface area (Å²) in [5.74, 6) is 0.190. The van der Waals surface area contributed by atoms with E-state index in [-0.39, 0.29) is 12.5 Å². The number of nitrogens with one attached hydrogen (secondary N) is 1. The van der Waals surface area contributed by atoms with Gasteiger partial charge < -0.3 is 5.32 Å². The lowest BCUT2D eigenvalue weighted by molar-refractivity contribution is -0.123. The van der Waals surface area contributed by atoms with E-state index in [9.17, 15) is 10.1 Å². The molecule has 23 heavy (non-hydrogen) atoms. The minimum Gasteiger partial charge on any atom is -0.337 e. The maximum absolute atomic E-state index is 12.2. The number of thiazole rings is 1.